The van der Waals surface area contributed by atoms with Gasteiger partial charge < -0.3 is 25.2 Å². The topological polar surface area (TPSA) is 140 Å². The molecule has 1 amide bonds. The van der Waals surface area contributed by atoms with E-state index in [2.05, 4.69) is 10.6 Å². The van der Waals surface area contributed by atoms with E-state index < -0.39 is 23.4 Å². The van der Waals surface area contributed by atoms with Gasteiger partial charge in [-0.2, -0.15) is 0 Å². The van der Waals surface area contributed by atoms with Gasteiger partial charge in [0.15, 0.2) is 6.61 Å². The number of carbonyl (C=O) groups excluding carboxylic acids is 2. The minimum atomic E-state index is -0.908. The van der Waals surface area contributed by atoms with E-state index in [0.717, 1.165) is 6.07 Å². The van der Waals surface area contributed by atoms with E-state index in [0.29, 0.717) is 11.4 Å². The fourth-order valence-corrected chi connectivity index (χ4v) is 2.24. The highest BCUT2D eigenvalue weighted by Crippen LogP contribution is 2.23. The molecule has 10 heteroatoms. The number of rotatable bonds is 9. The standard InChI is InChI=1S/C18H19N3O7/c1-27-14-5-2-12(3-6-14)20-17(23)11-28-18(24)15-10-13(21(25)26)4-7-16(15)19-8-9-22/h2-7,10,19,22H,8-9,11H2,1H3,(H,20,23). The summed E-state index contributed by atoms with van der Waals surface area (Å²) in [6.45, 7) is -0.640. The summed E-state index contributed by atoms with van der Waals surface area (Å²) in [6.07, 6.45) is 0. The number of aliphatic hydroxyl groups excluding tert-OH is 1. The molecule has 0 aliphatic heterocycles. The largest absolute Gasteiger partial charge is 0.497 e. The molecule has 0 aliphatic rings. The number of benzene rings is 2. The molecule has 0 spiro atoms. The van der Waals surface area contributed by atoms with Crippen LogP contribution in [-0.4, -0.2) is 48.8 Å². The maximum atomic E-state index is 12.3. The fourth-order valence-electron chi connectivity index (χ4n) is 2.24. The van der Waals surface area contributed by atoms with Crippen LogP contribution in [0.15, 0.2) is 42.5 Å². The molecular weight excluding hydrogens is 370 g/mol. The van der Waals surface area contributed by atoms with Crippen molar-refractivity contribution < 1.29 is 29.1 Å². The molecule has 10 nitrogen and oxygen atoms in total. The number of esters is 1. The molecule has 0 fully saturated rings. The third-order valence-corrected chi connectivity index (χ3v) is 3.57. The Morgan fingerprint density at radius 1 is 1.18 bits per heavy atom. The Labute approximate surface area is 160 Å². The van der Waals surface area contributed by atoms with Gasteiger partial charge in [0.25, 0.3) is 11.6 Å². The van der Waals surface area contributed by atoms with Crippen molar-refractivity contribution in [2.24, 2.45) is 0 Å². The van der Waals surface area contributed by atoms with Crippen molar-refractivity contribution in [3.63, 3.8) is 0 Å². The maximum absolute atomic E-state index is 12.3. The first-order valence-corrected chi connectivity index (χ1v) is 8.18. The van der Waals surface area contributed by atoms with E-state index >= 15 is 0 Å². The molecule has 0 radical (unpaired) electrons. The predicted molar refractivity (Wildman–Crippen MR) is 101 cm³/mol. The van der Waals surface area contributed by atoms with E-state index in [1.165, 1.54) is 19.2 Å². The van der Waals surface area contributed by atoms with Crippen LogP contribution in [0.25, 0.3) is 0 Å². The van der Waals surface area contributed by atoms with E-state index in [4.69, 9.17) is 14.6 Å². The van der Waals surface area contributed by atoms with E-state index in [9.17, 15) is 19.7 Å². The number of non-ortho nitro benzene ring substituents is 1. The summed E-state index contributed by atoms with van der Waals surface area (Å²) < 4.78 is 9.98. The van der Waals surface area contributed by atoms with Crippen molar-refractivity contribution in [3.8, 4) is 5.75 Å². The van der Waals surface area contributed by atoms with Gasteiger partial charge in [-0.1, -0.05) is 0 Å². The second kappa shape index (κ2) is 9.88. The first kappa shape index (κ1) is 20.6. The third kappa shape index (κ3) is 5.68. The van der Waals surface area contributed by atoms with E-state index in [1.54, 1.807) is 24.3 Å². The summed E-state index contributed by atoms with van der Waals surface area (Å²) in [4.78, 5) is 34.5. The lowest BCUT2D eigenvalue weighted by molar-refractivity contribution is -0.384. The highest BCUT2D eigenvalue weighted by atomic mass is 16.6. The minimum absolute atomic E-state index is 0.111. The van der Waals surface area contributed by atoms with Gasteiger partial charge in [-0.15, -0.1) is 0 Å². The molecule has 0 aliphatic carbocycles. The molecule has 0 saturated carbocycles. The zero-order valence-electron chi connectivity index (χ0n) is 15.0. The van der Waals surface area contributed by atoms with Crippen LogP contribution in [0.3, 0.4) is 0 Å². The second-order valence-electron chi connectivity index (χ2n) is 5.49. The number of nitro groups is 1. The lowest BCUT2D eigenvalue weighted by atomic mass is 10.1. The molecule has 2 rings (SSSR count). The highest BCUT2D eigenvalue weighted by Gasteiger charge is 2.19. The fraction of sp³-hybridized carbons (Fsp3) is 0.222. The maximum Gasteiger partial charge on any atom is 0.341 e. The average molecular weight is 389 g/mol. The molecule has 0 saturated heterocycles. The molecular formula is C18H19N3O7. The first-order valence-electron chi connectivity index (χ1n) is 8.18. The zero-order valence-corrected chi connectivity index (χ0v) is 15.0. The van der Waals surface area contributed by atoms with Crippen molar-refractivity contribution in [1.82, 2.24) is 0 Å². The van der Waals surface area contributed by atoms with Gasteiger partial charge in [0.05, 0.1) is 24.2 Å². The Kier molecular flexibility index (Phi) is 7.28. The van der Waals surface area contributed by atoms with E-state index in [-0.39, 0.29) is 30.1 Å². The Balaban J connectivity index is 2.03. The second-order valence-corrected chi connectivity index (χ2v) is 5.49. The number of carbonyl (C=O) groups is 2. The summed E-state index contributed by atoms with van der Waals surface area (Å²) in [5.41, 5.74) is 0.326. The van der Waals surface area contributed by atoms with Crippen LogP contribution in [0.5, 0.6) is 5.75 Å². The van der Waals surface area contributed by atoms with Crippen LogP contribution >= 0.6 is 0 Å². The summed E-state index contributed by atoms with van der Waals surface area (Å²) in [5.74, 6) is -0.860. The average Bonchev–Trinajstić information content (AvgIpc) is 2.70. The Morgan fingerprint density at radius 2 is 1.89 bits per heavy atom. The number of hydrogen-bond acceptors (Lipinski definition) is 8. The Morgan fingerprint density at radius 3 is 2.50 bits per heavy atom. The van der Waals surface area contributed by atoms with Gasteiger partial charge in [0, 0.05) is 30.1 Å². The van der Waals surface area contributed by atoms with Crippen molar-refractivity contribution >= 4 is 28.9 Å². The number of nitrogens with one attached hydrogen (secondary N) is 2. The molecule has 148 valence electrons. The molecule has 2 aromatic carbocycles. The molecule has 3 N–H and O–H groups in total. The minimum Gasteiger partial charge on any atom is -0.497 e. The van der Waals surface area contributed by atoms with Crippen molar-refractivity contribution in [1.29, 1.82) is 0 Å². The van der Waals surface area contributed by atoms with Gasteiger partial charge in [-0.3, -0.25) is 14.9 Å². The smallest absolute Gasteiger partial charge is 0.341 e. The van der Waals surface area contributed by atoms with E-state index in [1.807, 2.05) is 0 Å². The first-order chi connectivity index (χ1) is 13.4. The van der Waals surface area contributed by atoms with Gasteiger partial charge in [-0.05, 0) is 30.3 Å². The van der Waals surface area contributed by atoms with Crippen molar-refractivity contribution in [2.75, 3.05) is 37.5 Å². The number of aliphatic hydroxyl groups is 1. The third-order valence-electron chi connectivity index (χ3n) is 3.57. The van der Waals surface area contributed by atoms with Gasteiger partial charge in [0.2, 0.25) is 0 Å². The normalized spacial score (nSPS) is 10.1. The Bertz CT molecular complexity index is 853. The van der Waals surface area contributed by atoms with Crippen LogP contribution in [0, 0.1) is 10.1 Å². The summed E-state index contributed by atoms with van der Waals surface area (Å²) in [6, 6.07) is 10.2. The SMILES string of the molecule is COc1ccc(NC(=O)COC(=O)c2cc([N+](=O)[O-])ccc2NCCO)cc1. The zero-order chi connectivity index (χ0) is 20.5. The molecule has 0 unspecified atom stereocenters. The summed E-state index contributed by atoms with van der Waals surface area (Å²) >= 11 is 0. The Hall–Kier alpha value is -3.66. The number of anilines is 2. The number of methoxy groups -OCH3 is 1. The lowest BCUT2D eigenvalue weighted by Crippen LogP contribution is -2.21. The van der Waals surface area contributed by atoms with Crippen LogP contribution in [-0.2, 0) is 9.53 Å². The van der Waals surface area contributed by atoms with Crippen LogP contribution in [0.1, 0.15) is 10.4 Å². The molecule has 0 atom stereocenters. The van der Waals surface area contributed by atoms with Crippen molar-refractivity contribution in [2.45, 2.75) is 0 Å². The van der Waals surface area contributed by atoms with Gasteiger partial charge in [0.1, 0.15) is 5.75 Å². The van der Waals surface area contributed by atoms with Gasteiger partial charge >= 0.3 is 5.97 Å². The number of nitrogens with zero attached hydrogens (tertiary/aromatic N) is 1. The number of nitro benzene ring substituents is 1. The quantitative estimate of drug-likeness (QED) is 0.335. The molecule has 2 aromatic rings. The van der Waals surface area contributed by atoms with Gasteiger partial charge in [-0.25, -0.2) is 4.79 Å². The van der Waals surface area contributed by atoms with Crippen LogP contribution < -0.4 is 15.4 Å². The summed E-state index contributed by atoms with van der Waals surface area (Å²) in [5, 5.41) is 25.1. The number of hydrogen-bond donors (Lipinski definition) is 3. The highest BCUT2D eigenvalue weighted by molar-refractivity contribution is 5.99. The molecule has 0 heterocycles. The molecule has 28 heavy (non-hydrogen) atoms. The number of ether oxygens (including phenoxy) is 2. The number of amides is 1. The van der Waals surface area contributed by atoms with Crippen molar-refractivity contribution in [3.05, 3.63) is 58.1 Å². The molecule has 0 aromatic heterocycles. The summed E-state index contributed by atoms with van der Waals surface area (Å²) in [7, 11) is 1.52. The lowest BCUT2D eigenvalue weighted by Gasteiger charge is -2.11. The predicted octanol–water partition coefficient (Wildman–Crippen LogP) is 1.80. The monoisotopic (exact) mass is 389 g/mol. The van der Waals surface area contributed by atoms with Crippen LogP contribution in [0.2, 0.25) is 0 Å². The van der Waals surface area contributed by atoms with Crippen LogP contribution in [0.4, 0.5) is 17.1 Å². The molecule has 0 bridgehead atoms.